The largest absolute Gasteiger partial charge is 0.490 e. The Bertz CT molecular complexity index is 1370. The average Bonchev–Trinajstić information content (AvgIpc) is 3.00. The number of hydrogen-bond acceptors (Lipinski definition) is 7. The van der Waals surface area contributed by atoms with Crippen LogP contribution in [0.5, 0.6) is 5.75 Å². The van der Waals surface area contributed by atoms with Crippen LogP contribution < -0.4 is 15.0 Å². The third kappa shape index (κ3) is 7.42. The molecular formula is C32H37BrN6O2. The molecule has 1 amide bonds. The minimum Gasteiger partial charge on any atom is -0.490 e. The van der Waals surface area contributed by atoms with Crippen LogP contribution in [0.2, 0.25) is 0 Å². The van der Waals surface area contributed by atoms with Crippen LogP contribution in [0, 0.1) is 31.1 Å². The molecule has 214 valence electrons. The van der Waals surface area contributed by atoms with Crippen LogP contribution in [-0.4, -0.2) is 46.3 Å². The summed E-state index contributed by atoms with van der Waals surface area (Å²) in [6.07, 6.45) is 9.80. The molecule has 1 saturated heterocycles. The van der Waals surface area contributed by atoms with Gasteiger partial charge in [0, 0.05) is 35.5 Å². The number of nitriles is 1. The maximum Gasteiger partial charge on any atom is 0.272 e. The first-order chi connectivity index (χ1) is 19.9. The Morgan fingerprint density at radius 2 is 1.80 bits per heavy atom. The number of anilines is 1. The standard InChI is InChI=1S/C32H37BrN6O2/c1-21-22(2)30(13-4-24(21)19-34)41-28-10-8-27(9-11-28)36-32(40)29-12-14-31(38-37-29)39-17-15-23(16-18-39)3-6-26-7-5-25(33)20-35-26/h4-5,7,12-14,20,23,27-28H,3,6,8-11,15-18H2,1-2H3,(H,36,40). The molecule has 2 aromatic heterocycles. The van der Waals surface area contributed by atoms with Crippen molar-refractivity contribution in [3.8, 4) is 11.8 Å². The Hall–Kier alpha value is -3.51. The van der Waals surface area contributed by atoms with Gasteiger partial charge in [-0.15, -0.1) is 10.2 Å². The number of amides is 1. The van der Waals surface area contributed by atoms with Crippen LogP contribution in [0.1, 0.15) is 77.8 Å². The molecule has 1 aromatic carbocycles. The van der Waals surface area contributed by atoms with E-state index in [0.717, 1.165) is 97.3 Å². The number of aromatic nitrogens is 3. The van der Waals surface area contributed by atoms with E-state index in [4.69, 9.17) is 4.74 Å². The van der Waals surface area contributed by atoms with Crippen LogP contribution in [0.3, 0.4) is 0 Å². The molecule has 0 bridgehead atoms. The maximum absolute atomic E-state index is 12.9. The van der Waals surface area contributed by atoms with Gasteiger partial charge in [0.1, 0.15) is 5.75 Å². The highest BCUT2D eigenvalue weighted by atomic mass is 79.9. The predicted octanol–water partition coefficient (Wildman–Crippen LogP) is 6.09. The van der Waals surface area contributed by atoms with Gasteiger partial charge in [-0.2, -0.15) is 5.26 Å². The van der Waals surface area contributed by atoms with Crippen LogP contribution >= 0.6 is 15.9 Å². The first kappa shape index (κ1) is 29.0. The van der Waals surface area contributed by atoms with Crippen molar-refractivity contribution in [1.82, 2.24) is 20.5 Å². The molecule has 1 aliphatic carbocycles. The van der Waals surface area contributed by atoms with Crippen LogP contribution in [0.25, 0.3) is 0 Å². The van der Waals surface area contributed by atoms with Crippen molar-refractivity contribution in [1.29, 1.82) is 5.26 Å². The topological polar surface area (TPSA) is 104 Å². The molecular weight excluding hydrogens is 580 g/mol. The molecule has 1 N–H and O–H groups in total. The highest BCUT2D eigenvalue weighted by molar-refractivity contribution is 9.10. The van der Waals surface area contributed by atoms with Gasteiger partial charge in [0.25, 0.3) is 5.91 Å². The Balaban J connectivity index is 1.04. The number of halogens is 1. The van der Waals surface area contributed by atoms with E-state index in [9.17, 15) is 10.1 Å². The predicted molar refractivity (Wildman–Crippen MR) is 162 cm³/mol. The zero-order valence-electron chi connectivity index (χ0n) is 23.8. The molecule has 2 aliphatic rings. The number of nitrogens with one attached hydrogen (secondary N) is 1. The summed E-state index contributed by atoms with van der Waals surface area (Å²) in [5.41, 5.74) is 4.16. The fraction of sp³-hybridized carbons (Fsp3) is 0.469. The van der Waals surface area contributed by atoms with Crippen molar-refractivity contribution < 1.29 is 9.53 Å². The van der Waals surface area contributed by atoms with Crippen molar-refractivity contribution in [3.63, 3.8) is 0 Å². The Morgan fingerprint density at radius 3 is 2.46 bits per heavy atom. The van der Waals surface area contributed by atoms with Gasteiger partial charge >= 0.3 is 0 Å². The van der Waals surface area contributed by atoms with Crippen molar-refractivity contribution in [2.24, 2.45) is 5.92 Å². The summed E-state index contributed by atoms with van der Waals surface area (Å²) in [5.74, 6) is 2.19. The van der Waals surface area contributed by atoms with Crippen LogP contribution in [-0.2, 0) is 6.42 Å². The fourth-order valence-electron chi connectivity index (χ4n) is 5.78. The molecule has 0 atom stereocenters. The summed E-state index contributed by atoms with van der Waals surface area (Å²) in [6, 6.07) is 13.9. The van der Waals surface area contributed by atoms with E-state index in [2.05, 4.69) is 59.5 Å². The highest BCUT2D eigenvalue weighted by Crippen LogP contribution is 2.29. The zero-order valence-corrected chi connectivity index (χ0v) is 25.4. The molecule has 3 heterocycles. The number of aryl methyl sites for hydroxylation is 1. The van der Waals surface area contributed by atoms with Crippen molar-refractivity contribution in [2.45, 2.75) is 77.4 Å². The Morgan fingerprint density at radius 1 is 1.02 bits per heavy atom. The lowest BCUT2D eigenvalue weighted by molar-refractivity contribution is 0.0887. The molecule has 41 heavy (non-hydrogen) atoms. The minimum atomic E-state index is -0.174. The summed E-state index contributed by atoms with van der Waals surface area (Å²) in [6.45, 7) is 5.85. The number of pyridine rings is 1. The van der Waals surface area contributed by atoms with Crippen LogP contribution in [0.4, 0.5) is 5.82 Å². The van der Waals surface area contributed by atoms with Gasteiger partial charge in [-0.1, -0.05) is 0 Å². The van der Waals surface area contributed by atoms with Gasteiger partial charge in [-0.25, -0.2) is 0 Å². The SMILES string of the molecule is Cc1c(C#N)ccc(OC2CCC(NC(=O)c3ccc(N4CCC(CCc5ccc(Br)cn5)CC4)nn3)CC2)c1C. The number of carbonyl (C=O) groups excluding carboxylic acids is 1. The fourth-order valence-corrected chi connectivity index (χ4v) is 6.02. The summed E-state index contributed by atoms with van der Waals surface area (Å²) in [5, 5.41) is 21.0. The lowest BCUT2D eigenvalue weighted by atomic mass is 9.91. The van der Waals surface area contributed by atoms with E-state index in [1.807, 2.05) is 38.2 Å². The molecule has 9 heteroatoms. The number of rotatable bonds is 8. The number of piperidine rings is 1. The maximum atomic E-state index is 12.9. The first-order valence-corrected chi connectivity index (χ1v) is 15.4. The summed E-state index contributed by atoms with van der Waals surface area (Å²) in [7, 11) is 0. The van der Waals surface area contributed by atoms with Gasteiger partial charge in [0.2, 0.25) is 0 Å². The highest BCUT2D eigenvalue weighted by Gasteiger charge is 2.26. The van der Waals surface area contributed by atoms with E-state index < -0.39 is 0 Å². The Kier molecular flexibility index (Phi) is 9.50. The van der Waals surface area contributed by atoms with Gasteiger partial charge in [0.05, 0.1) is 17.7 Å². The molecule has 1 aliphatic heterocycles. The van der Waals surface area contributed by atoms with Gasteiger partial charge in [-0.05, 0) is 135 Å². The lowest BCUT2D eigenvalue weighted by Crippen LogP contribution is -2.40. The van der Waals surface area contributed by atoms with E-state index in [0.29, 0.717) is 17.2 Å². The van der Waals surface area contributed by atoms with Gasteiger partial charge < -0.3 is 15.0 Å². The van der Waals surface area contributed by atoms with Gasteiger partial charge in [-0.3, -0.25) is 9.78 Å². The number of nitrogens with zero attached hydrogens (tertiary/aromatic N) is 5. The lowest BCUT2D eigenvalue weighted by Gasteiger charge is -2.32. The number of benzene rings is 1. The normalized spacial score (nSPS) is 19.4. The summed E-state index contributed by atoms with van der Waals surface area (Å²) >= 11 is 3.44. The number of hydrogen-bond donors (Lipinski definition) is 1. The number of carbonyl (C=O) groups is 1. The Labute approximate surface area is 250 Å². The molecule has 0 unspecified atom stereocenters. The average molecular weight is 618 g/mol. The molecule has 3 aromatic rings. The van der Waals surface area contributed by atoms with Gasteiger partial charge in [0.15, 0.2) is 11.5 Å². The zero-order chi connectivity index (χ0) is 28.8. The molecule has 0 spiro atoms. The third-order valence-electron chi connectivity index (χ3n) is 8.58. The van der Waals surface area contributed by atoms with Crippen molar-refractivity contribution in [2.75, 3.05) is 18.0 Å². The second-order valence-electron chi connectivity index (χ2n) is 11.3. The second-order valence-corrected chi connectivity index (χ2v) is 12.2. The molecule has 1 saturated carbocycles. The summed E-state index contributed by atoms with van der Waals surface area (Å²) < 4.78 is 7.28. The first-order valence-electron chi connectivity index (χ1n) is 14.6. The molecule has 2 fully saturated rings. The molecule has 0 radical (unpaired) electrons. The second kappa shape index (κ2) is 13.4. The molecule has 5 rings (SSSR count). The monoisotopic (exact) mass is 616 g/mol. The van der Waals surface area contributed by atoms with E-state index in [-0.39, 0.29) is 18.1 Å². The minimum absolute atomic E-state index is 0.0965. The van der Waals surface area contributed by atoms with Crippen molar-refractivity contribution in [3.05, 3.63) is 75.1 Å². The third-order valence-corrected chi connectivity index (χ3v) is 9.05. The number of ether oxygens (including phenoxy) is 1. The quantitative estimate of drug-likeness (QED) is 0.326. The van der Waals surface area contributed by atoms with E-state index >= 15 is 0 Å². The van der Waals surface area contributed by atoms with Crippen LogP contribution in [0.15, 0.2) is 47.1 Å². The van der Waals surface area contributed by atoms with Crippen molar-refractivity contribution >= 4 is 27.7 Å². The molecule has 8 nitrogen and oxygen atoms in total. The summed E-state index contributed by atoms with van der Waals surface area (Å²) in [4.78, 5) is 19.6. The van der Waals surface area contributed by atoms with E-state index in [1.165, 1.54) is 0 Å². The van der Waals surface area contributed by atoms with E-state index in [1.54, 1.807) is 6.07 Å². The smallest absolute Gasteiger partial charge is 0.272 e.